The van der Waals surface area contributed by atoms with Gasteiger partial charge < -0.3 is 15.0 Å². The molecule has 0 spiro atoms. The summed E-state index contributed by atoms with van der Waals surface area (Å²) in [6.45, 7) is -0.306. The van der Waals surface area contributed by atoms with Gasteiger partial charge in [0.15, 0.2) is 0 Å². The van der Waals surface area contributed by atoms with E-state index in [4.69, 9.17) is 27.9 Å². The number of carbonyl (C=O) groups is 2. The van der Waals surface area contributed by atoms with Crippen LogP contribution in [0.4, 0.5) is 10.1 Å². The molecule has 0 aliphatic heterocycles. The Morgan fingerprint density at radius 1 is 1.24 bits per heavy atom. The van der Waals surface area contributed by atoms with E-state index < -0.39 is 17.6 Å². The quantitative estimate of drug-likeness (QED) is 0.851. The van der Waals surface area contributed by atoms with Crippen molar-refractivity contribution in [3.05, 3.63) is 57.8 Å². The van der Waals surface area contributed by atoms with Gasteiger partial charge in [-0.1, -0.05) is 29.3 Å². The van der Waals surface area contributed by atoms with Crippen LogP contribution in [0.3, 0.4) is 0 Å². The molecule has 0 bridgehead atoms. The summed E-state index contributed by atoms with van der Waals surface area (Å²) in [4.78, 5) is 25.6. The molecule has 0 saturated carbocycles. The van der Waals surface area contributed by atoms with E-state index in [2.05, 4.69) is 5.32 Å². The molecule has 132 valence electrons. The summed E-state index contributed by atoms with van der Waals surface area (Å²) in [6.07, 6.45) is 0. The Labute approximate surface area is 154 Å². The van der Waals surface area contributed by atoms with Crippen LogP contribution in [0, 0.1) is 5.82 Å². The molecule has 0 heterocycles. The second-order valence-corrected chi connectivity index (χ2v) is 5.99. The van der Waals surface area contributed by atoms with Crippen LogP contribution >= 0.6 is 23.2 Å². The van der Waals surface area contributed by atoms with Gasteiger partial charge in [0.05, 0.1) is 29.9 Å². The summed E-state index contributed by atoms with van der Waals surface area (Å²) in [5, 5.41) is 3.00. The average molecular weight is 385 g/mol. The third kappa shape index (κ3) is 4.61. The van der Waals surface area contributed by atoms with Crippen molar-refractivity contribution in [1.82, 2.24) is 4.90 Å². The van der Waals surface area contributed by atoms with Crippen LogP contribution in [0.15, 0.2) is 36.4 Å². The first kappa shape index (κ1) is 19.0. The highest BCUT2D eigenvalue weighted by molar-refractivity contribution is 6.34. The first-order chi connectivity index (χ1) is 11.8. The number of hydrogen-bond donors (Lipinski definition) is 1. The maximum absolute atomic E-state index is 13.8. The van der Waals surface area contributed by atoms with E-state index in [0.29, 0.717) is 16.5 Å². The molecule has 0 unspecified atom stereocenters. The smallest absolute Gasteiger partial charge is 0.258 e. The van der Waals surface area contributed by atoms with Crippen LogP contribution in [-0.2, 0) is 4.79 Å². The topological polar surface area (TPSA) is 58.6 Å². The van der Waals surface area contributed by atoms with E-state index in [-0.39, 0.29) is 17.1 Å². The molecule has 0 atom stereocenters. The van der Waals surface area contributed by atoms with Crippen molar-refractivity contribution in [2.45, 2.75) is 0 Å². The summed E-state index contributed by atoms with van der Waals surface area (Å²) in [7, 11) is 2.83. The fraction of sp³-hybridized carbons (Fsp3) is 0.176. The standard InChI is InChI=1S/C17H15Cl2FN2O3/c1-22(17(24)16-11(19)4-3-5-12(16)20)9-15(23)21-13-8-10(18)6-7-14(13)25-2/h3-8H,9H2,1-2H3,(H,21,23). The summed E-state index contributed by atoms with van der Waals surface area (Å²) in [5.74, 6) is -1.52. The van der Waals surface area contributed by atoms with E-state index in [1.807, 2.05) is 0 Å². The number of likely N-dealkylation sites (N-methyl/N-ethyl adjacent to an activating group) is 1. The van der Waals surface area contributed by atoms with E-state index in [1.165, 1.54) is 32.4 Å². The Morgan fingerprint density at radius 3 is 2.60 bits per heavy atom. The van der Waals surface area contributed by atoms with Crippen LogP contribution in [0.5, 0.6) is 5.75 Å². The second kappa shape index (κ2) is 8.18. The Hall–Kier alpha value is -2.31. The number of amides is 2. The number of benzene rings is 2. The molecule has 0 aliphatic rings. The van der Waals surface area contributed by atoms with Gasteiger partial charge in [-0.15, -0.1) is 0 Å². The van der Waals surface area contributed by atoms with Gasteiger partial charge in [0, 0.05) is 12.1 Å². The lowest BCUT2D eigenvalue weighted by atomic mass is 10.2. The highest BCUT2D eigenvalue weighted by Crippen LogP contribution is 2.27. The van der Waals surface area contributed by atoms with Crippen molar-refractivity contribution in [3.63, 3.8) is 0 Å². The highest BCUT2D eigenvalue weighted by atomic mass is 35.5. The van der Waals surface area contributed by atoms with Crippen molar-refractivity contribution in [3.8, 4) is 5.75 Å². The van der Waals surface area contributed by atoms with Crippen molar-refractivity contribution < 1.29 is 18.7 Å². The summed E-state index contributed by atoms with van der Waals surface area (Å²) < 4.78 is 19.0. The van der Waals surface area contributed by atoms with Crippen molar-refractivity contribution in [2.75, 3.05) is 26.0 Å². The lowest BCUT2D eigenvalue weighted by Gasteiger charge is -2.18. The number of anilines is 1. The summed E-state index contributed by atoms with van der Waals surface area (Å²) in [5.41, 5.74) is 0.0876. The average Bonchev–Trinajstić information content (AvgIpc) is 2.54. The minimum Gasteiger partial charge on any atom is -0.495 e. The lowest BCUT2D eigenvalue weighted by Crippen LogP contribution is -2.35. The second-order valence-electron chi connectivity index (χ2n) is 5.15. The zero-order valence-corrected chi connectivity index (χ0v) is 15.0. The van der Waals surface area contributed by atoms with Crippen molar-refractivity contribution >= 4 is 40.7 Å². The van der Waals surface area contributed by atoms with Crippen LogP contribution in [-0.4, -0.2) is 37.4 Å². The zero-order chi connectivity index (χ0) is 18.6. The molecular formula is C17H15Cl2FN2O3. The molecule has 0 saturated heterocycles. The third-order valence-electron chi connectivity index (χ3n) is 3.34. The number of ether oxygens (including phenoxy) is 1. The predicted molar refractivity (Wildman–Crippen MR) is 95.0 cm³/mol. The van der Waals surface area contributed by atoms with E-state index in [1.54, 1.807) is 12.1 Å². The molecule has 5 nitrogen and oxygen atoms in total. The van der Waals surface area contributed by atoms with Crippen LogP contribution in [0.25, 0.3) is 0 Å². The maximum Gasteiger partial charge on any atom is 0.258 e. The lowest BCUT2D eigenvalue weighted by molar-refractivity contribution is -0.116. The molecular weight excluding hydrogens is 370 g/mol. The van der Waals surface area contributed by atoms with Gasteiger partial charge in [-0.05, 0) is 30.3 Å². The monoisotopic (exact) mass is 384 g/mol. The summed E-state index contributed by atoms with van der Waals surface area (Å²) >= 11 is 11.8. The largest absolute Gasteiger partial charge is 0.495 e. The number of hydrogen-bond acceptors (Lipinski definition) is 3. The Kier molecular flexibility index (Phi) is 6.22. The molecule has 2 rings (SSSR count). The van der Waals surface area contributed by atoms with Gasteiger partial charge in [-0.2, -0.15) is 0 Å². The van der Waals surface area contributed by atoms with E-state index in [9.17, 15) is 14.0 Å². The Bertz CT molecular complexity index is 794. The van der Waals surface area contributed by atoms with Gasteiger partial charge in [-0.25, -0.2) is 4.39 Å². The number of nitrogens with zero attached hydrogens (tertiary/aromatic N) is 1. The molecule has 0 aliphatic carbocycles. The van der Waals surface area contributed by atoms with Crippen LogP contribution in [0.2, 0.25) is 10.0 Å². The maximum atomic E-state index is 13.8. The number of carbonyl (C=O) groups excluding carboxylic acids is 2. The number of methoxy groups -OCH3 is 1. The molecule has 8 heteroatoms. The molecule has 0 aromatic heterocycles. The number of halogens is 3. The Morgan fingerprint density at radius 2 is 1.96 bits per heavy atom. The third-order valence-corrected chi connectivity index (χ3v) is 3.89. The molecule has 0 fully saturated rings. The van der Waals surface area contributed by atoms with Gasteiger partial charge in [0.2, 0.25) is 5.91 Å². The number of rotatable bonds is 5. The molecule has 0 radical (unpaired) electrons. The fourth-order valence-corrected chi connectivity index (χ4v) is 2.56. The number of nitrogens with one attached hydrogen (secondary N) is 1. The van der Waals surface area contributed by atoms with Gasteiger partial charge >= 0.3 is 0 Å². The predicted octanol–water partition coefficient (Wildman–Crippen LogP) is 3.85. The normalized spacial score (nSPS) is 10.3. The molecule has 2 aromatic carbocycles. The molecule has 2 aromatic rings. The van der Waals surface area contributed by atoms with Crippen LogP contribution in [0.1, 0.15) is 10.4 Å². The minimum absolute atomic E-state index is 0.0197. The first-order valence-corrected chi connectivity index (χ1v) is 7.92. The van der Waals surface area contributed by atoms with Crippen molar-refractivity contribution in [2.24, 2.45) is 0 Å². The van der Waals surface area contributed by atoms with Gasteiger partial charge in [0.25, 0.3) is 5.91 Å². The fourth-order valence-electron chi connectivity index (χ4n) is 2.15. The van der Waals surface area contributed by atoms with Crippen LogP contribution < -0.4 is 10.1 Å². The Balaban J connectivity index is 2.10. The minimum atomic E-state index is -0.749. The molecule has 25 heavy (non-hydrogen) atoms. The summed E-state index contributed by atoms with van der Waals surface area (Å²) in [6, 6.07) is 8.67. The van der Waals surface area contributed by atoms with Gasteiger partial charge in [0.1, 0.15) is 11.6 Å². The zero-order valence-electron chi connectivity index (χ0n) is 13.5. The van der Waals surface area contributed by atoms with E-state index in [0.717, 1.165) is 11.0 Å². The molecule has 2 amide bonds. The van der Waals surface area contributed by atoms with Crippen molar-refractivity contribution in [1.29, 1.82) is 0 Å². The van der Waals surface area contributed by atoms with E-state index >= 15 is 0 Å². The first-order valence-electron chi connectivity index (χ1n) is 7.16. The SMILES string of the molecule is COc1ccc(Cl)cc1NC(=O)CN(C)C(=O)c1c(F)cccc1Cl. The molecule has 1 N–H and O–H groups in total. The van der Waals surface area contributed by atoms with Gasteiger partial charge in [-0.3, -0.25) is 9.59 Å². The highest BCUT2D eigenvalue weighted by Gasteiger charge is 2.21.